The van der Waals surface area contributed by atoms with Crippen molar-refractivity contribution in [3.63, 3.8) is 0 Å². The van der Waals surface area contributed by atoms with E-state index in [9.17, 15) is 0 Å². The lowest BCUT2D eigenvalue weighted by Crippen LogP contribution is -2.28. The van der Waals surface area contributed by atoms with Crippen LogP contribution in [0.1, 0.15) is 49.9 Å². The minimum absolute atomic E-state index is 0.286. The SMILES string of the molecule is CC1=NCCN[C@@H](c2ccccc2)CC(C)=NCCN[C@@H](c2ccccc2)C1. The molecule has 0 aromatic heterocycles. The highest BCUT2D eigenvalue weighted by atomic mass is 15.0. The van der Waals surface area contributed by atoms with Gasteiger partial charge in [-0.1, -0.05) is 60.7 Å². The van der Waals surface area contributed by atoms with Crippen LogP contribution in [0.2, 0.25) is 0 Å². The van der Waals surface area contributed by atoms with Gasteiger partial charge in [0.05, 0.1) is 13.1 Å². The molecule has 2 N–H and O–H groups in total. The number of nitrogens with one attached hydrogen (secondary N) is 2. The Morgan fingerprint density at radius 1 is 0.643 bits per heavy atom. The highest BCUT2D eigenvalue weighted by Crippen LogP contribution is 2.19. The van der Waals surface area contributed by atoms with E-state index in [0.29, 0.717) is 0 Å². The summed E-state index contributed by atoms with van der Waals surface area (Å²) in [7, 11) is 0. The Balaban J connectivity index is 1.72. The minimum Gasteiger partial charge on any atom is -0.308 e. The molecule has 0 unspecified atom stereocenters. The summed E-state index contributed by atoms with van der Waals surface area (Å²) in [5, 5.41) is 7.36. The molecule has 0 spiro atoms. The fourth-order valence-corrected chi connectivity index (χ4v) is 3.68. The molecule has 1 heterocycles. The Bertz CT molecular complexity index is 700. The van der Waals surface area contributed by atoms with E-state index in [1.165, 1.54) is 22.6 Å². The molecule has 0 bridgehead atoms. The van der Waals surface area contributed by atoms with Crippen molar-refractivity contribution in [1.29, 1.82) is 0 Å². The van der Waals surface area contributed by atoms with Crippen LogP contribution < -0.4 is 10.6 Å². The van der Waals surface area contributed by atoms with E-state index in [-0.39, 0.29) is 12.1 Å². The van der Waals surface area contributed by atoms with Crippen molar-refractivity contribution < 1.29 is 0 Å². The van der Waals surface area contributed by atoms with Gasteiger partial charge < -0.3 is 10.6 Å². The molecule has 2 aromatic rings. The third kappa shape index (κ3) is 6.39. The number of aliphatic imine (C=N–C) groups is 2. The summed E-state index contributed by atoms with van der Waals surface area (Å²) in [5.41, 5.74) is 5.01. The van der Waals surface area contributed by atoms with E-state index in [1.54, 1.807) is 0 Å². The lowest BCUT2D eigenvalue weighted by molar-refractivity contribution is 0.542. The monoisotopic (exact) mass is 376 g/mol. The molecular formula is C24H32N4. The molecule has 0 fully saturated rings. The van der Waals surface area contributed by atoms with Crippen LogP contribution in [0.25, 0.3) is 0 Å². The lowest BCUT2D eigenvalue weighted by atomic mass is 10.0. The van der Waals surface area contributed by atoms with Gasteiger partial charge in [0.15, 0.2) is 0 Å². The Morgan fingerprint density at radius 3 is 1.43 bits per heavy atom. The average Bonchev–Trinajstić information content (AvgIpc) is 2.73. The molecule has 2 aromatic carbocycles. The van der Waals surface area contributed by atoms with E-state index in [4.69, 9.17) is 9.98 Å². The predicted molar refractivity (Wildman–Crippen MR) is 120 cm³/mol. The van der Waals surface area contributed by atoms with Crippen LogP contribution in [0.5, 0.6) is 0 Å². The maximum Gasteiger partial charge on any atom is 0.0513 e. The normalized spacial score (nSPS) is 22.6. The number of hydrogen-bond donors (Lipinski definition) is 2. The van der Waals surface area contributed by atoms with Gasteiger partial charge in [0.2, 0.25) is 0 Å². The van der Waals surface area contributed by atoms with Crippen molar-refractivity contribution in [2.45, 2.75) is 38.8 Å². The van der Waals surface area contributed by atoms with Crippen LogP contribution in [0, 0.1) is 0 Å². The first kappa shape index (κ1) is 20.4. The molecule has 4 nitrogen and oxygen atoms in total. The molecule has 28 heavy (non-hydrogen) atoms. The van der Waals surface area contributed by atoms with Crippen molar-refractivity contribution in [3.8, 4) is 0 Å². The van der Waals surface area contributed by atoms with E-state index in [2.05, 4.69) is 85.1 Å². The Kier molecular flexibility index (Phi) is 7.94. The number of hydrogen-bond acceptors (Lipinski definition) is 4. The summed E-state index contributed by atoms with van der Waals surface area (Å²) in [5.74, 6) is 0. The topological polar surface area (TPSA) is 48.8 Å². The second kappa shape index (κ2) is 10.9. The highest BCUT2D eigenvalue weighted by Gasteiger charge is 2.14. The van der Waals surface area contributed by atoms with Gasteiger partial charge in [0.25, 0.3) is 0 Å². The third-order valence-corrected chi connectivity index (χ3v) is 5.17. The zero-order valence-corrected chi connectivity index (χ0v) is 17.1. The summed E-state index contributed by atoms with van der Waals surface area (Å²) in [6.45, 7) is 7.61. The van der Waals surface area contributed by atoms with Gasteiger partial charge in [0.1, 0.15) is 0 Å². The van der Waals surface area contributed by atoms with Crippen LogP contribution in [0.3, 0.4) is 0 Å². The van der Waals surface area contributed by atoms with Gasteiger partial charge in [-0.15, -0.1) is 0 Å². The van der Waals surface area contributed by atoms with Crippen molar-refractivity contribution in [2.75, 3.05) is 26.2 Å². The fourth-order valence-electron chi connectivity index (χ4n) is 3.68. The largest absolute Gasteiger partial charge is 0.308 e. The Hall–Kier alpha value is -2.30. The second-order valence-corrected chi connectivity index (χ2v) is 7.48. The van der Waals surface area contributed by atoms with E-state index < -0.39 is 0 Å². The zero-order valence-electron chi connectivity index (χ0n) is 17.1. The first-order valence-electron chi connectivity index (χ1n) is 10.3. The van der Waals surface area contributed by atoms with Crippen molar-refractivity contribution in [1.82, 2.24) is 10.6 Å². The summed E-state index contributed by atoms with van der Waals surface area (Å²) in [6, 6.07) is 21.9. The summed E-state index contributed by atoms with van der Waals surface area (Å²) in [6.07, 6.45) is 1.85. The molecule has 0 radical (unpaired) electrons. The molecule has 0 amide bonds. The van der Waals surface area contributed by atoms with E-state index in [1.807, 2.05) is 0 Å². The van der Waals surface area contributed by atoms with E-state index >= 15 is 0 Å². The van der Waals surface area contributed by atoms with Crippen molar-refractivity contribution in [3.05, 3.63) is 71.8 Å². The molecule has 0 aliphatic carbocycles. The predicted octanol–water partition coefficient (Wildman–Crippen LogP) is 4.36. The van der Waals surface area contributed by atoms with Crippen LogP contribution in [-0.4, -0.2) is 37.6 Å². The highest BCUT2D eigenvalue weighted by molar-refractivity contribution is 5.83. The smallest absolute Gasteiger partial charge is 0.0513 e. The maximum absolute atomic E-state index is 4.82. The summed E-state index contributed by atoms with van der Waals surface area (Å²) >= 11 is 0. The molecule has 0 saturated heterocycles. The molecule has 1 aliphatic rings. The molecule has 0 saturated carbocycles. The van der Waals surface area contributed by atoms with Crippen LogP contribution in [-0.2, 0) is 0 Å². The van der Waals surface area contributed by atoms with Gasteiger partial charge in [-0.2, -0.15) is 0 Å². The number of rotatable bonds is 2. The van der Waals surface area contributed by atoms with Gasteiger partial charge in [-0.05, 0) is 25.0 Å². The summed E-state index contributed by atoms with van der Waals surface area (Å²) < 4.78 is 0. The maximum atomic E-state index is 4.82. The Morgan fingerprint density at radius 2 is 1.04 bits per heavy atom. The standard InChI is InChI=1S/C24H32N4/c1-19-17-23(21-9-5-3-6-10-21)27-16-14-26-20(2)18-24(28-15-13-25-19)22-11-7-4-8-12-22/h3-12,23-24,27-28H,13-18H2,1-2H3/t23-,24-/m1/s1. The van der Waals surface area contributed by atoms with Crippen molar-refractivity contribution in [2.24, 2.45) is 9.98 Å². The van der Waals surface area contributed by atoms with Crippen LogP contribution in [0.15, 0.2) is 70.6 Å². The van der Waals surface area contributed by atoms with Crippen molar-refractivity contribution >= 4 is 11.4 Å². The molecular weight excluding hydrogens is 344 g/mol. The van der Waals surface area contributed by atoms with Gasteiger partial charge in [0, 0.05) is 49.4 Å². The van der Waals surface area contributed by atoms with Crippen LogP contribution in [0.4, 0.5) is 0 Å². The van der Waals surface area contributed by atoms with E-state index in [0.717, 1.165) is 39.0 Å². The average molecular weight is 377 g/mol. The quantitative estimate of drug-likeness (QED) is 0.818. The fraction of sp³-hybridized carbons (Fsp3) is 0.417. The third-order valence-electron chi connectivity index (χ3n) is 5.17. The second-order valence-electron chi connectivity index (χ2n) is 7.48. The lowest BCUT2D eigenvalue weighted by Gasteiger charge is -2.21. The van der Waals surface area contributed by atoms with Crippen LogP contribution >= 0.6 is 0 Å². The summed E-state index contributed by atoms with van der Waals surface area (Å²) in [4.78, 5) is 9.64. The van der Waals surface area contributed by atoms with Gasteiger partial charge >= 0.3 is 0 Å². The number of benzene rings is 2. The molecule has 4 heteroatoms. The zero-order chi connectivity index (χ0) is 19.6. The molecule has 2 atom stereocenters. The van der Waals surface area contributed by atoms with Gasteiger partial charge in [-0.25, -0.2) is 0 Å². The number of nitrogens with zero attached hydrogens (tertiary/aromatic N) is 2. The first-order chi connectivity index (χ1) is 13.7. The minimum atomic E-state index is 0.286. The first-order valence-corrected chi connectivity index (χ1v) is 10.3. The molecule has 148 valence electrons. The van der Waals surface area contributed by atoms with Gasteiger partial charge in [-0.3, -0.25) is 9.98 Å². The Labute approximate surface area is 169 Å². The molecule has 3 rings (SSSR count). The molecule has 1 aliphatic heterocycles.